The molecule has 0 fully saturated rings. The van der Waals surface area contributed by atoms with Crippen molar-refractivity contribution < 1.29 is 9.21 Å². The lowest BCUT2D eigenvalue weighted by atomic mass is 10.2. The smallest absolute Gasteiger partial charge is 0.287 e. The standard InChI is InChI=1S/C21H25N5O2S/c1-4-15-13-19(26(2)3)25-21(24-15)29-14-17-8-9-18(28-17)20(27)23-12-10-16-7-5-6-11-22-16/h5-9,11,13H,4,10,12,14H2,1-3H3,(H,23,27). The summed E-state index contributed by atoms with van der Waals surface area (Å²) >= 11 is 1.49. The minimum Gasteiger partial charge on any atom is -0.455 e. The van der Waals surface area contributed by atoms with Crippen LogP contribution < -0.4 is 10.2 Å². The van der Waals surface area contributed by atoms with Gasteiger partial charge in [0.2, 0.25) is 0 Å². The van der Waals surface area contributed by atoms with Gasteiger partial charge in [-0.05, 0) is 30.7 Å². The predicted octanol–water partition coefficient (Wildman–Crippen LogP) is 3.36. The molecule has 29 heavy (non-hydrogen) atoms. The van der Waals surface area contributed by atoms with Gasteiger partial charge in [0, 0.05) is 50.7 Å². The number of aromatic nitrogens is 3. The minimum atomic E-state index is -0.226. The van der Waals surface area contributed by atoms with E-state index >= 15 is 0 Å². The normalized spacial score (nSPS) is 10.7. The first-order chi connectivity index (χ1) is 14.0. The molecule has 1 amide bonds. The van der Waals surface area contributed by atoms with Gasteiger partial charge < -0.3 is 14.6 Å². The highest BCUT2D eigenvalue weighted by atomic mass is 32.2. The Balaban J connectivity index is 1.53. The van der Waals surface area contributed by atoms with Crippen LogP contribution in [0.15, 0.2) is 52.2 Å². The zero-order valence-corrected chi connectivity index (χ0v) is 17.7. The van der Waals surface area contributed by atoms with E-state index < -0.39 is 0 Å². The maximum atomic E-state index is 12.3. The summed E-state index contributed by atoms with van der Waals surface area (Å²) in [5.41, 5.74) is 1.94. The van der Waals surface area contributed by atoms with E-state index in [-0.39, 0.29) is 5.91 Å². The molecule has 7 nitrogen and oxygen atoms in total. The maximum absolute atomic E-state index is 12.3. The van der Waals surface area contributed by atoms with Crippen molar-refractivity contribution in [2.24, 2.45) is 0 Å². The molecule has 0 saturated carbocycles. The summed E-state index contributed by atoms with van der Waals surface area (Å²) in [7, 11) is 3.92. The van der Waals surface area contributed by atoms with E-state index in [1.165, 1.54) is 11.8 Å². The van der Waals surface area contributed by atoms with Gasteiger partial charge in [0.15, 0.2) is 10.9 Å². The molecule has 3 aromatic heterocycles. The fraction of sp³-hybridized carbons (Fsp3) is 0.333. The van der Waals surface area contributed by atoms with Crippen LogP contribution in [0.4, 0.5) is 5.82 Å². The SMILES string of the molecule is CCc1cc(N(C)C)nc(SCc2ccc(C(=O)NCCc3ccccn3)o2)n1. The van der Waals surface area contributed by atoms with Gasteiger partial charge in [0.05, 0.1) is 5.75 Å². The van der Waals surface area contributed by atoms with Crippen LogP contribution in [-0.4, -0.2) is 41.5 Å². The maximum Gasteiger partial charge on any atom is 0.287 e. The Kier molecular flexibility index (Phi) is 7.24. The molecule has 0 atom stereocenters. The molecule has 0 unspecified atom stereocenters. The molecule has 0 aliphatic rings. The molecule has 0 radical (unpaired) electrons. The molecule has 1 N–H and O–H groups in total. The highest BCUT2D eigenvalue weighted by molar-refractivity contribution is 7.98. The number of hydrogen-bond donors (Lipinski definition) is 1. The van der Waals surface area contributed by atoms with Crippen molar-refractivity contribution in [1.82, 2.24) is 20.3 Å². The highest BCUT2D eigenvalue weighted by Crippen LogP contribution is 2.23. The summed E-state index contributed by atoms with van der Waals surface area (Å²) < 4.78 is 5.69. The van der Waals surface area contributed by atoms with Crippen molar-refractivity contribution in [2.75, 3.05) is 25.5 Å². The number of hydrogen-bond acceptors (Lipinski definition) is 7. The van der Waals surface area contributed by atoms with Crippen LogP contribution in [0.25, 0.3) is 0 Å². The van der Waals surface area contributed by atoms with E-state index in [1.807, 2.05) is 49.3 Å². The average Bonchev–Trinajstić information content (AvgIpc) is 3.22. The summed E-state index contributed by atoms with van der Waals surface area (Å²) in [5.74, 6) is 2.23. The Hall–Kier alpha value is -2.87. The van der Waals surface area contributed by atoms with Crippen molar-refractivity contribution in [3.05, 3.63) is 65.5 Å². The quantitative estimate of drug-likeness (QED) is 0.427. The van der Waals surface area contributed by atoms with Crippen molar-refractivity contribution in [2.45, 2.75) is 30.7 Å². The Morgan fingerprint density at radius 2 is 2.03 bits per heavy atom. The second-order valence-electron chi connectivity index (χ2n) is 6.63. The van der Waals surface area contributed by atoms with Crippen LogP contribution in [0.2, 0.25) is 0 Å². The van der Waals surface area contributed by atoms with Gasteiger partial charge in [-0.15, -0.1) is 0 Å². The lowest BCUT2D eigenvalue weighted by Gasteiger charge is -2.13. The molecule has 152 valence electrons. The van der Waals surface area contributed by atoms with E-state index in [1.54, 1.807) is 12.3 Å². The van der Waals surface area contributed by atoms with Crippen LogP contribution in [0.1, 0.15) is 34.6 Å². The van der Waals surface area contributed by atoms with E-state index in [9.17, 15) is 4.79 Å². The Morgan fingerprint density at radius 3 is 2.76 bits per heavy atom. The van der Waals surface area contributed by atoms with Crippen LogP contribution in [-0.2, 0) is 18.6 Å². The van der Waals surface area contributed by atoms with Crippen LogP contribution in [0.5, 0.6) is 0 Å². The van der Waals surface area contributed by atoms with E-state index in [0.29, 0.717) is 35.4 Å². The van der Waals surface area contributed by atoms with E-state index in [2.05, 4.69) is 27.2 Å². The van der Waals surface area contributed by atoms with Crippen LogP contribution in [0, 0.1) is 0 Å². The molecule has 3 heterocycles. The van der Waals surface area contributed by atoms with Crippen molar-refractivity contribution in [1.29, 1.82) is 0 Å². The Bertz CT molecular complexity index is 943. The lowest BCUT2D eigenvalue weighted by molar-refractivity contribution is 0.0925. The van der Waals surface area contributed by atoms with E-state index in [0.717, 1.165) is 23.6 Å². The van der Waals surface area contributed by atoms with Gasteiger partial charge in [-0.1, -0.05) is 24.8 Å². The second kappa shape index (κ2) is 10.1. The number of nitrogens with zero attached hydrogens (tertiary/aromatic N) is 4. The number of rotatable bonds is 9. The van der Waals surface area contributed by atoms with Gasteiger partial charge in [0.1, 0.15) is 11.6 Å². The largest absolute Gasteiger partial charge is 0.455 e. The predicted molar refractivity (Wildman–Crippen MR) is 114 cm³/mol. The molecule has 8 heteroatoms. The van der Waals surface area contributed by atoms with Gasteiger partial charge in [0.25, 0.3) is 5.91 Å². The number of anilines is 1. The average molecular weight is 412 g/mol. The number of amides is 1. The number of carbonyl (C=O) groups excluding carboxylic acids is 1. The molecular weight excluding hydrogens is 386 g/mol. The first-order valence-corrected chi connectivity index (χ1v) is 10.5. The second-order valence-corrected chi connectivity index (χ2v) is 7.57. The van der Waals surface area contributed by atoms with Gasteiger partial charge in [-0.3, -0.25) is 9.78 Å². The first kappa shape index (κ1) is 20.9. The molecule has 0 aliphatic heterocycles. The van der Waals surface area contributed by atoms with Crippen LogP contribution >= 0.6 is 11.8 Å². The summed E-state index contributed by atoms with van der Waals surface area (Å²) in [5, 5.41) is 3.56. The molecule has 3 rings (SSSR count). The van der Waals surface area contributed by atoms with E-state index in [4.69, 9.17) is 4.42 Å². The zero-order chi connectivity index (χ0) is 20.6. The molecule has 3 aromatic rings. The van der Waals surface area contributed by atoms with Crippen molar-refractivity contribution >= 4 is 23.5 Å². The molecule has 0 saturated heterocycles. The van der Waals surface area contributed by atoms with Crippen molar-refractivity contribution in [3.8, 4) is 0 Å². The Labute approximate surface area is 175 Å². The summed E-state index contributed by atoms with van der Waals surface area (Å²) in [6, 6.07) is 11.2. The number of aryl methyl sites for hydroxylation is 1. The number of nitrogens with one attached hydrogen (secondary N) is 1. The minimum absolute atomic E-state index is 0.226. The fourth-order valence-electron chi connectivity index (χ4n) is 2.58. The molecule has 0 aliphatic carbocycles. The van der Waals surface area contributed by atoms with Crippen molar-refractivity contribution in [3.63, 3.8) is 0 Å². The first-order valence-electron chi connectivity index (χ1n) is 9.50. The number of pyridine rings is 1. The fourth-order valence-corrected chi connectivity index (χ4v) is 3.35. The topological polar surface area (TPSA) is 84.2 Å². The third kappa shape index (κ3) is 6.05. The summed E-state index contributed by atoms with van der Waals surface area (Å²) in [6.45, 7) is 2.58. The molecule has 0 spiro atoms. The number of furan rings is 1. The molecule has 0 bridgehead atoms. The molecule has 0 aromatic carbocycles. The molecular formula is C21H25N5O2S. The van der Waals surface area contributed by atoms with Crippen LogP contribution in [0.3, 0.4) is 0 Å². The summed E-state index contributed by atoms with van der Waals surface area (Å²) in [6.07, 6.45) is 3.27. The third-order valence-electron chi connectivity index (χ3n) is 4.19. The monoisotopic (exact) mass is 411 g/mol. The third-order valence-corrected chi connectivity index (χ3v) is 5.06. The van der Waals surface area contributed by atoms with Gasteiger partial charge in [-0.2, -0.15) is 0 Å². The van der Waals surface area contributed by atoms with Gasteiger partial charge >= 0.3 is 0 Å². The van der Waals surface area contributed by atoms with Gasteiger partial charge in [-0.25, -0.2) is 9.97 Å². The zero-order valence-electron chi connectivity index (χ0n) is 16.9. The highest BCUT2D eigenvalue weighted by Gasteiger charge is 2.12. The number of thioether (sulfide) groups is 1. The Morgan fingerprint density at radius 1 is 1.17 bits per heavy atom. The lowest BCUT2D eigenvalue weighted by Crippen LogP contribution is -2.25. The number of carbonyl (C=O) groups is 1. The summed E-state index contributed by atoms with van der Waals surface area (Å²) in [4.78, 5) is 27.6.